The molecule has 1 aliphatic heterocycles. The average molecular weight is 392 g/mol. The van der Waals surface area contributed by atoms with Crippen molar-refractivity contribution >= 4 is 11.6 Å². The SMILES string of the molecule is O=C(Cc1ccc2c(c1)CCCC2)NCCCN1CCN(c2ccccc2)CC1. The first-order valence-corrected chi connectivity index (χ1v) is 11.2. The molecular weight excluding hydrogens is 358 g/mol. The molecule has 1 aliphatic carbocycles. The van der Waals surface area contributed by atoms with Crippen LogP contribution in [-0.2, 0) is 24.1 Å². The number of amides is 1. The summed E-state index contributed by atoms with van der Waals surface area (Å²) in [5.74, 6) is 0.148. The molecule has 0 bridgehead atoms. The molecule has 0 aromatic heterocycles. The number of hydrogen-bond donors (Lipinski definition) is 1. The van der Waals surface area contributed by atoms with E-state index in [9.17, 15) is 4.79 Å². The zero-order chi connectivity index (χ0) is 19.9. The fourth-order valence-corrected chi connectivity index (χ4v) is 4.54. The number of fused-ring (bicyclic) bond motifs is 1. The Labute approximate surface area is 174 Å². The van der Waals surface area contributed by atoms with E-state index in [4.69, 9.17) is 0 Å². The fourth-order valence-electron chi connectivity index (χ4n) is 4.54. The molecule has 2 aromatic carbocycles. The van der Waals surface area contributed by atoms with Gasteiger partial charge in [0.25, 0.3) is 0 Å². The second-order valence-corrected chi connectivity index (χ2v) is 8.35. The molecule has 0 saturated carbocycles. The molecule has 1 fully saturated rings. The van der Waals surface area contributed by atoms with Crippen molar-refractivity contribution < 1.29 is 4.79 Å². The van der Waals surface area contributed by atoms with E-state index in [-0.39, 0.29) is 5.91 Å². The summed E-state index contributed by atoms with van der Waals surface area (Å²) in [6.45, 7) is 6.17. The molecule has 154 valence electrons. The van der Waals surface area contributed by atoms with Crippen molar-refractivity contribution in [1.82, 2.24) is 10.2 Å². The average Bonchev–Trinajstić information content (AvgIpc) is 2.78. The number of rotatable bonds is 7. The summed E-state index contributed by atoms with van der Waals surface area (Å²) >= 11 is 0. The van der Waals surface area contributed by atoms with Gasteiger partial charge in [0.1, 0.15) is 0 Å². The van der Waals surface area contributed by atoms with Crippen LogP contribution in [0, 0.1) is 0 Å². The quantitative estimate of drug-likeness (QED) is 0.735. The Bertz CT molecular complexity index is 797. The van der Waals surface area contributed by atoms with Crippen LogP contribution < -0.4 is 10.2 Å². The number of nitrogens with zero attached hydrogens (tertiary/aromatic N) is 2. The van der Waals surface area contributed by atoms with Gasteiger partial charge in [0.15, 0.2) is 0 Å². The molecule has 0 unspecified atom stereocenters. The summed E-state index contributed by atoms with van der Waals surface area (Å²) in [7, 11) is 0. The Morgan fingerprint density at radius 2 is 1.66 bits per heavy atom. The van der Waals surface area contributed by atoms with Crippen molar-refractivity contribution in [3.8, 4) is 0 Å². The van der Waals surface area contributed by atoms with Crippen LogP contribution in [0.25, 0.3) is 0 Å². The summed E-state index contributed by atoms with van der Waals surface area (Å²) in [6, 6.07) is 17.3. The first kappa shape index (κ1) is 20.0. The summed E-state index contributed by atoms with van der Waals surface area (Å²) in [4.78, 5) is 17.3. The predicted octanol–water partition coefficient (Wildman–Crippen LogP) is 3.44. The van der Waals surface area contributed by atoms with E-state index >= 15 is 0 Å². The lowest BCUT2D eigenvalue weighted by Gasteiger charge is -2.36. The monoisotopic (exact) mass is 391 g/mol. The first-order chi connectivity index (χ1) is 14.3. The summed E-state index contributed by atoms with van der Waals surface area (Å²) in [6.07, 6.45) is 6.46. The Morgan fingerprint density at radius 1 is 0.897 bits per heavy atom. The highest BCUT2D eigenvalue weighted by molar-refractivity contribution is 5.78. The van der Waals surface area contributed by atoms with Gasteiger partial charge in [-0.1, -0.05) is 36.4 Å². The van der Waals surface area contributed by atoms with Gasteiger partial charge in [-0.25, -0.2) is 0 Å². The van der Waals surface area contributed by atoms with Crippen molar-refractivity contribution in [2.45, 2.75) is 38.5 Å². The highest BCUT2D eigenvalue weighted by Crippen LogP contribution is 2.22. The van der Waals surface area contributed by atoms with Crippen molar-refractivity contribution in [2.24, 2.45) is 0 Å². The molecule has 2 aromatic rings. The third-order valence-corrected chi connectivity index (χ3v) is 6.24. The number of carbonyl (C=O) groups excluding carboxylic acids is 1. The number of piperazine rings is 1. The van der Waals surface area contributed by atoms with Crippen molar-refractivity contribution in [3.63, 3.8) is 0 Å². The van der Waals surface area contributed by atoms with Gasteiger partial charge in [-0.2, -0.15) is 0 Å². The van der Waals surface area contributed by atoms with E-state index in [0.29, 0.717) is 6.42 Å². The number of benzene rings is 2. The molecule has 4 nitrogen and oxygen atoms in total. The minimum absolute atomic E-state index is 0.148. The van der Waals surface area contributed by atoms with Gasteiger partial charge in [0.2, 0.25) is 5.91 Å². The summed E-state index contributed by atoms with van der Waals surface area (Å²) in [5, 5.41) is 3.11. The molecular formula is C25H33N3O. The van der Waals surface area contributed by atoms with Crippen LogP contribution in [0.2, 0.25) is 0 Å². The Balaban J connectivity index is 1.13. The highest BCUT2D eigenvalue weighted by atomic mass is 16.1. The molecule has 0 atom stereocenters. The van der Waals surface area contributed by atoms with Gasteiger partial charge < -0.3 is 10.2 Å². The number of nitrogens with one attached hydrogen (secondary N) is 1. The van der Waals surface area contributed by atoms with Crippen LogP contribution in [0.3, 0.4) is 0 Å². The predicted molar refractivity (Wildman–Crippen MR) is 120 cm³/mol. The maximum atomic E-state index is 12.3. The van der Waals surface area contributed by atoms with Gasteiger partial charge in [-0.15, -0.1) is 0 Å². The van der Waals surface area contributed by atoms with E-state index < -0.39 is 0 Å². The number of carbonyl (C=O) groups is 1. The smallest absolute Gasteiger partial charge is 0.224 e. The minimum Gasteiger partial charge on any atom is -0.369 e. The molecule has 1 saturated heterocycles. The van der Waals surface area contributed by atoms with Gasteiger partial charge in [-0.05, 0) is 67.5 Å². The minimum atomic E-state index is 0.148. The topological polar surface area (TPSA) is 35.6 Å². The normalized spacial score (nSPS) is 17.0. The second-order valence-electron chi connectivity index (χ2n) is 8.35. The number of hydrogen-bond acceptors (Lipinski definition) is 3. The van der Waals surface area contributed by atoms with Gasteiger partial charge in [-0.3, -0.25) is 9.69 Å². The van der Waals surface area contributed by atoms with E-state index in [1.165, 1.54) is 42.5 Å². The first-order valence-electron chi connectivity index (χ1n) is 11.2. The second kappa shape index (κ2) is 9.93. The molecule has 4 heteroatoms. The molecule has 1 heterocycles. The lowest BCUT2D eigenvalue weighted by Crippen LogP contribution is -2.47. The zero-order valence-electron chi connectivity index (χ0n) is 17.4. The summed E-state index contributed by atoms with van der Waals surface area (Å²) in [5.41, 5.74) is 5.41. The maximum Gasteiger partial charge on any atom is 0.224 e. The standard InChI is InChI=1S/C25H33N3O/c29-25(20-21-11-12-22-7-4-5-8-23(22)19-21)26-13-6-14-27-15-17-28(18-16-27)24-9-2-1-3-10-24/h1-3,9-12,19H,4-8,13-18,20H2,(H,26,29). The van der Waals surface area contributed by atoms with E-state index in [2.05, 4.69) is 63.6 Å². The molecule has 0 radical (unpaired) electrons. The van der Waals surface area contributed by atoms with E-state index in [1.54, 1.807) is 0 Å². The molecule has 1 amide bonds. The van der Waals surface area contributed by atoms with Crippen LogP contribution in [0.4, 0.5) is 5.69 Å². The van der Waals surface area contributed by atoms with E-state index in [1.807, 2.05) is 0 Å². The Morgan fingerprint density at radius 3 is 2.45 bits per heavy atom. The molecule has 2 aliphatic rings. The molecule has 29 heavy (non-hydrogen) atoms. The molecule has 0 spiro atoms. The zero-order valence-corrected chi connectivity index (χ0v) is 17.4. The lowest BCUT2D eigenvalue weighted by atomic mass is 9.90. The molecule has 4 rings (SSSR count). The van der Waals surface area contributed by atoms with Gasteiger partial charge in [0, 0.05) is 38.4 Å². The number of anilines is 1. The van der Waals surface area contributed by atoms with E-state index in [0.717, 1.165) is 51.3 Å². The van der Waals surface area contributed by atoms with Crippen LogP contribution in [-0.4, -0.2) is 50.1 Å². The van der Waals surface area contributed by atoms with Gasteiger partial charge in [0.05, 0.1) is 6.42 Å². The third-order valence-electron chi connectivity index (χ3n) is 6.24. The van der Waals surface area contributed by atoms with Crippen LogP contribution in [0.1, 0.15) is 36.0 Å². The maximum absolute atomic E-state index is 12.3. The van der Waals surface area contributed by atoms with Crippen molar-refractivity contribution in [2.75, 3.05) is 44.2 Å². The van der Waals surface area contributed by atoms with Crippen molar-refractivity contribution in [3.05, 3.63) is 65.2 Å². The van der Waals surface area contributed by atoms with Crippen molar-refractivity contribution in [1.29, 1.82) is 0 Å². The highest BCUT2D eigenvalue weighted by Gasteiger charge is 2.16. The fraction of sp³-hybridized carbons (Fsp3) is 0.480. The Kier molecular flexibility index (Phi) is 6.83. The van der Waals surface area contributed by atoms with Crippen LogP contribution in [0.15, 0.2) is 48.5 Å². The Hall–Kier alpha value is -2.33. The lowest BCUT2D eigenvalue weighted by molar-refractivity contribution is -0.120. The summed E-state index contributed by atoms with van der Waals surface area (Å²) < 4.78 is 0. The van der Waals surface area contributed by atoms with Crippen LogP contribution in [0.5, 0.6) is 0 Å². The third kappa shape index (κ3) is 5.60. The molecule has 1 N–H and O–H groups in total. The van der Waals surface area contributed by atoms with Gasteiger partial charge >= 0.3 is 0 Å². The number of para-hydroxylation sites is 1. The number of aryl methyl sites for hydroxylation is 2. The largest absolute Gasteiger partial charge is 0.369 e. The van der Waals surface area contributed by atoms with Crippen LogP contribution >= 0.6 is 0 Å².